The van der Waals surface area contributed by atoms with Crippen LogP contribution >= 0.6 is 11.3 Å². The van der Waals surface area contributed by atoms with Gasteiger partial charge in [-0.05, 0) is 24.6 Å². The molecule has 5 heteroatoms. The molecule has 1 heterocycles. The second kappa shape index (κ2) is 4.55. The fourth-order valence-electron chi connectivity index (χ4n) is 1.58. The molecule has 0 atom stereocenters. The van der Waals surface area contributed by atoms with Gasteiger partial charge in [0.1, 0.15) is 0 Å². The van der Waals surface area contributed by atoms with Crippen LogP contribution in [0.3, 0.4) is 0 Å². The number of aromatic carboxylic acids is 1. The predicted octanol–water partition coefficient (Wildman–Crippen LogP) is 1.96. The molecule has 1 N–H and O–H groups in total. The molecule has 0 unspecified atom stereocenters. The van der Waals surface area contributed by atoms with E-state index in [1.54, 1.807) is 22.1 Å². The Morgan fingerprint density at radius 2 is 2.24 bits per heavy atom. The molecule has 0 radical (unpaired) electrons. The highest BCUT2D eigenvalue weighted by Gasteiger charge is 2.06. The van der Waals surface area contributed by atoms with Crippen LogP contribution in [-0.2, 0) is 6.54 Å². The molecule has 1 aromatic heterocycles. The molecule has 0 aliphatic carbocycles. The van der Waals surface area contributed by atoms with Crippen molar-refractivity contribution in [2.75, 3.05) is 0 Å². The van der Waals surface area contributed by atoms with Gasteiger partial charge in [0.2, 0.25) is 0 Å². The smallest absolute Gasteiger partial charge is 0.335 e. The van der Waals surface area contributed by atoms with E-state index < -0.39 is 5.97 Å². The molecular formula is C12H11NO3S. The van der Waals surface area contributed by atoms with Gasteiger partial charge in [-0.3, -0.25) is 9.36 Å². The van der Waals surface area contributed by atoms with Crippen molar-refractivity contribution < 1.29 is 9.90 Å². The summed E-state index contributed by atoms with van der Waals surface area (Å²) < 4.78 is 1.63. The fourth-order valence-corrected chi connectivity index (χ4v) is 2.32. The van der Waals surface area contributed by atoms with E-state index in [-0.39, 0.29) is 10.4 Å². The summed E-state index contributed by atoms with van der Waals surface area (Å²) in [6, 6.07) is 6.63. The molecule has 0 aliphatic heterocycles. The lowest BCUT2D eigenvalue weighted by Crippen LogP contribution is -2.15. The van der Waals surface area contributed by atoms with Crippen LogP contribution in [-0.4, -0.2) is 15.6 Å². The van der Waals surface area contributed by atoms with Crippen LogP contribution in [0.4, 0.5) is 0 Å². The van der Waals surface area contributed by atoms with E-state index in [1.807, 2.05) is 13.0 Å². The van der Waals surface area contributed by atoms with E-state index in [0.717, 1.165) is 22.6 Å². The normalized spacial score (nSPS) is 10.4. The van der Waals surface area contributed by atoms with Crippen LogP contribution in [0.1, 0.15) is 21.6 Å². The predicted molar refractivity (Wildman–Crippen MR) is 65.8 cm³/mol. The number of hydrogen-bond donors (Lipinski definition) is 1. The van der Waals surface area contributed by atoms with Gasteiger partial charge in [-0.2, -0.15) is 0 Å². The molecule has 17 heavy (non-hydrogen) atoms. The van der Waals surface area contributed by atoms with Gasteiger partial charge in [0.25, 0.3) is 0 Å². The third kappa shape index (κ3) is 2.45. The van der Waals surface area contributed by atoms with Gasteiger partial charge in [-0.15, -0.1) is 0 Å². The van der Waals surface area contributed by atoms with Crippen LogP contribution in [0.15, 0.2) is 34.4 Å². The number of rotatable bonds is 3. The maximum absolute atomic E-state index is 11.5. The Hall–Kier alpha value is -1.88. The van der Waals surface area contributed by atoms with Crippen molar-refractivity contribution in [3.8, 4) is 0 Å². The highest BCUT2D eigenvalue weighted by atomic mass is 32.1. The molecule has 0 aliphatic rings. The van der Waals surface area contributed by atoms with E-state index in [2.05, 4.69) is 0 Å². The average molecular weight is 249 g/mol. The molecule has 0 spiro atoms. The lowest BCUT2D eigenvalue weighted by molar-refractivity contribution is 0.0697. The first-order chi connectivity index (χ1) is 8.08. The van der Waals surface area contributed by atoms with Gasteiger partial charge in [0, 0.05) is 11.1 Å². The number of carbonyl (C=O) groups is 1. The number of carboxylic acid groups (broad SMARTS) is 1. The molecule has 2 aromatic rings. The Morgan fingerprint density at radius 1 is 1.47 bits per heavy atom. The number of thiazole rings is 1. The van der Waals surface area contributed by atoms with Gasteiger partial charge < -0.3 is 5.11 Å². The Bertz CT molecular complexity index is 612. The Balaban J connectivity index is 2.34. The van der Waals surface area contributed by atoms with Crippen molar-refractivity contribution in [2.24, 2.45) is 0 Å². The van der Waals surface area contributed by atoms with Crippen molar-refractivity contribution in [3.05, 3.63) is 56.1 Å². The average Bonchev–Trinajstić information content (AvgIpc) is 2.61. The van der Waals surface area contributed by atoms with Crippen molar-refractivity contribution in [1.29, 1.82) is 0 Å². The standard InChI is InChI=1S/C12H11NO3S/c1-8-7-17-12(16)13(8)6-9-3-2-4-10(5-9)11(14)15/h2-5,7H,6H2,1H3,(H,14,15). The highest BCUT2D eigenvalue weighted by molar-refractivity contribution is 7.07. The van der Waals surface area contributed by atoms with E-state index in [9.17, 15) is 9.59 Å². The van der Waals surface area contributed by atoms with Crippen molar-refractivity contribution in [1.82, 2.24) is 4.57 Å². The lowest BCUT2D eigenvalue weighted by Gasteiger charge is -2.05. The maximum Gasteiger partial charge on any atom is 0.335 e. The first-order valence-electron chi connectivity index (χ1n) is 5.05. The molecule has 0 saturated heterocycles. The van der Waals surface area contributed by atoms with Crippen LogP contribution in [0.25, 0.3) is 0 Å². The molecule has 88 valence electrons. The number of hydrogen-bond acceptors (Lipinski definition) is 3. The summed E-state index contributed by atoms with van der Waals surface area (Å²) in [4.78, 5) is 22.3. The monoisotopic (exact) mass is 249 g/mol. The summed E-state index contributed by atoms with van der Waals surface area (Å²) in [5.41, 5.74) is 1.94. The van der Waals surface area contributed by atoms with Gasteiger partial charge in [-0.1, -0.05) is 23.5 Å². The first kappa shape index (κ1) is 11.6. The second-order valence-electron chi connectivity index (χ2n) is 3.73. The fraction of sp³-hybridized carbons (Fsp3) is 0.167. The summed E-state index contributed by atoms with van der Waals surface area (Å²) in [5.74, 6) is -0.957. The Kier molecular flexibility index (Phi) is 3.10. The summed E-state index contributed by atoms with van der Waals surface area (Å²) >= 11 is 1.15. The highest BCUT2D eigenvalue weighted by Crippen LogP contribution is 2.09. The van der Waals surface area contributed by atoms with Crippen LogP contribution in [0, 0.1) is 6.92 Å². The Morgan fingerprint density at radius 3 is 2.82 bits per heavy atom. The molecule has 0 amide bonds. The number of aromatic nitrogens is 1. The topological polar surface area (TPSA) is 59.3 Å². The number of carboxylic acids is 1. The van der Waals surface area contributed by atoms with E-state index in [0.29, 0.717) is 6.54 Å². The van der Waals surface area contributed by atoms with Gasteiger partial charge >= 0.3 is 10.8 Å². The van der Waals surface area contributed by atoms with Gasteiger partial charge in [0.15, 0.2) is 0 Å². The third-order valence-corrected chi connectivity index (χ3v) is 3.37. The van der Waals surface area contributed by atoms with Crippen molar-refractivity contribution in [2.45, 2.75) is 13.5 Å². The molecular weight excluding hydrogens is 238 g/mol. The summed E-state index contributed by atoms with van der Waals surface area (Å²) in [5, 5.41) is 10.7. The van der Waals surface area contributed by atoms with Gasteiger partial charge in [0.05, 0.1) is 12.1 Å². The minimum absolute atomic E-state index is 0.0248. The second-order valence-corrected chi connectivity index (χ2v) is 4.56. The zero-order valence-corrected chi connectivity index (χ0v) is 10.0. The van der Waals surface area contributed by atoms with Crippen LogP contribution in [0.2, 0.25) is 0 Å². The molecule has 1 aromatic carbocycles. The summed E-state index contributed by atoms with van der Waals surface area (Å²) in [6.45, 7) is 2.27. The molecule has 2 rings (SSSR count). The van der Waals surface area contributed by atoms with Crippen molar-refractivity contribution in [3.63, 3.8) is 0 Å². The van der Waals surface area contributed by atoms with Gasteiger partial charge in [-0.25, -0.2) is 4.79 Å². The molecule has 0 saturated carbocycles. The summed E-state index contributed by atoms with van der Waals surface area (Å²) in [7, 11) is 0. The number of benzene rings is 1. The lowest BCUT2D eigenvalue weighted by atomic mass is 10.1. The van der Waals surface area contributed by atoms with E-state index in [1.165, 1.54) is 6.07 Å². The Labute approximate surface area is 102 Å². The minimum atomic E-state index is -0.957. The third-order valence-electron chi connectivity index (χ3n) is 2.49. The SMILES string of the molecule is Cc1csc(=O)n1Cc1cccc(C(=O)O)c1. The number of aryl methyl sites for hydroxylation is 1. The molecule has 0 bridgehead atoms. The first-order valence-corrected chi connectivity index (χ1v) is 5.93. The summed E-state index contributed by atoms with van der Waals surface area (Å²) in [6.07, 6.45) is 0. The quantitative estimate of drug-likeness (QED) is 0.904. The minimum Gasteiger partial charge on any atom is -0.478 e. The largest absolute Gasteiger partial charge is 0.478 e. The maximum atomic E-state index is 11.5. The van der Waals surface area contributed by atoms with E-state index in [4.69, 9.17) is 5.11 Å². The zero-order valence-electron chi connectivity index (χ0n) is 9.21. The van der Waals surface area contributed by atoms with E-state index >= 15 is 0 Å². The number of nitrogens with zero attached hydrogens (tertiary/aromatic N) is 1. The molecule has 4 nitrogen and oxygen atoms in total. The molecule has 0 fully saturated rings. The van der Waals surface area contributed by atoms with Crippen LogP contribution in [0.5, 0.6) is 0 Å². The van der Waals surface area contributed by atoms with Crippen LogP contribution < -0.4 is 4.87 Å². The zero-order chi connectivity index (χ0) is 12.4. The van der Waals surface area contributed by atoms with Crippen molar-refractivity contribution >= 4 is 17.3 Å².